The second kappa shape index (κ2) is 20.6. The van der Waals surface area contributed by atoms with Gasteiger partial charge in [-0.1, -0.05) is 65.4 Å². The molecule has 6 heterocycles. The lowest BCUT2D eigenvalue weighted by Gasteiger charge is -2.16. The normalized spacial score (nSPS) is 13.3. The molecule has 2 fully saturated rings. The molecule has 2 aliphatic carbocycles. The molecule has 0 atom stereocenters. The Morgan fingerprint density at radius 2 is 1.12 bits per heavy atom. The predicted molar refractivity (Wildman–Crippen MR) is 259 cm³/mol. The van der Waals surface area contributed by atoms with Crippen LogP contribution in [0, 0.1) is 0 Å². The summed E-state index contributed by atoms with van der Waals surface area (Å²) in [7, 11) is -6.01. The lowest BCUT2D eigenvalue weighted by Crippen LogP contribution is -2.19. The van der Waals surface area contributed by atoms with Gasteiger partial charge in [0.25, 0.3) is 31.2 Å². The maximum absolute atomic E-state index is 12.8. The van der Waals surface area contributed by atoms with Crippen molar-refractivity contribution >= 4 is 95.4 Å². The summed E-state index contributed by atoms with van der Waals surface area (Å²) < 4.78 is 78.0. The maximum atomic E-state index is 12.8. The van der Waals surface area contributed by atoms with Gasteiger partial charge in [-0.3, -0.25) is 28.2 Å². The summed E-state index contributed by atoms with van der Waals surface area (Å²) in [5.41, 5.74) is 1.58. The molecular formula is C43H40BCl3N8O12S2. The monoisotopic (exact) mass is 1040 g/mol. The van der Waals surface area contributed by atoms with Gasteiger partial charge in [0.15, 0.2) is 16.8 Å². The van der Waals surface area contributed by atoms with E-state index in [2.05, 4.69) is 38.8 Å². The van der Waals surface area contributed by atoms with E-state index in [0.717, 1.165) is 31.4 Å². The highest BCUT2D eigenvalue weighted by molar-refractivity contribution is 7.93. The lowest BCUT2D eigenvalue weighted by atomic mass is 9.84. The van der Waals surface area contributed by atoms with E-state index in [1.54, 1.807) is 18.2 Å². The second-order valence-electron chi connectivity index (χ2n) is 15.1. The van der Waals surface area contributed by atoms with Crippen molar-refractivity contribution in [3.63, 3.8) is 0 Å². The molecule has 2 saturated carbocycles. The van der Waals surface area contributed by atoms with Crippen LogP contribution in [0.1, 0.15) is 44.7 Å². The number of aromatic nitrogens is 6. The fraction of sp³-hybridized carbons (Fsp3) is 0.209. The molecule has 0 amide bonds. The van der Waals surface area contributed by atoms with Crippen LogP contribution in [0.4, 0.5) is 11.6 Å². The molecule has 4 N–H and O–H groups in total. The van der Waals surface area contributed by atoms with Crippen LogP contribution in [0.15, 0.2) is 126 Å². The third kappa shape index (κ3) is 11.2. The van der Waals surface area contributed by atoms with E-state index in [0.29, 0.717) is 38.4 Å². The minimum Gasteiger partial charge on any atom is -0.479 e. The van der Waals surface area contributed by atoms with E-state index in [-0.39, 0.29) is 67.9 Å². The van der Waals surface area contributed by atoms with Crippen LogP contribution in [-0.4, -0.2) is 77.6 Å². The van der Waals surface area contributed by atoms with Gasteiger partial charge in [-0.2, -0.15) is 4.98 Å². The summed E-state index contributed by atoms with van der Waals surface area (Å²) in [6.07, 6.45) is 6.54. The first kappa shape index (κ1) is 50.4. The largest absolute Gasteiger partial charge is 0.479 e. The summed E-state index contributed by atoms with van der Waals surface area (Å²) in [6.45, 7) is 0. The van der Waals surface area contributed by atoms with Crippen molar-refractivity contribution in [2.45, 2.75) is 54.6 Å². The van der Waals surface area contributed by atoms with Crippen LogP contribution in [0.25, 0.3) is 33.2 Å². The maximum Gasteiger partial charge on any atom is 0.454 e. The fourth-order valence-electron chi connectivity index (χ4n) is 6.78. The van der Waals surface area contributed by atoms with Crippen molar-refractivity contribution in [2.75, 3.05) is 23.7 Å². The molecule has 26 heteroatoms. The molecule has 8 aromatic rings. The first-order valence-electron chi connectivity index (χ1n) is 20.2. The number of sulfonamides is 2. The van der Waals surface area contributed by atoms with Crippen molar-refractivity contribution in [1.82, 2.24) is 29.4 Å². The second-order valence-corrected chi connectivity index (χ2v) is 19.7. The number of hydrogen-bond acceptors (Lipinski definition) is 16. The van der Waals surface area contributed by atoms with Crippen molar-refractivity contribution in [3.05, 3.63) is 139 Å². The number of ether oxygens (including phenoxy) is 2. The number of nitrogens with one attached hydrogen (secondary N) is 2. The summed E-state index contributed by atoms with van der Waals surface area (Å²) in [6, 6.07) is 20.3. The topological polar surface area (TPSA) is 273 Å². The van der Waals surface area contributed by atoms with E-state index in [1.165, 1.54) is 103 Å². The first-order chi connectivity index (χ1) is 32.5. The molecule has 0 bridgehead atoms. The summed E-state index contributed by atoms with van der Waals surface area (Å²) in [4.78, 5) is 34.0. The Morgan fingerprint density at radius 1 is 0.652 bits per heavy atom. The number of anilines is 2. The van der Waals surface area contributed by atoms with Gasteiger partial charge in [-0.15, -0.1) is 0 Å². The SMILES string of the molecule is C.COc1nc(C2CC2)c(Cl)cc1-n1c(=O)ccc2cc(S(=O)(=O)Nc3ccon3)ccc21.COc1nc(Cl)c(Cl)cc1-n1c(=O)ccc2cc(S(=O)(=O)Nc3ccon3)ccc21.OB(O)C1CC1. The zero-order valence-electron chi connectivity index (χ0n) is 35.4. The van der Waals surface area contributed by atoms with Gasteiger partial charge in [-0.05, 0) is 79.3 Å². The van der Waals surface area contributed by atoms with E-state index >= 15 is 0 Å². The molecule has 69 heavy (non-hydrogen) atoms. The smallest absolute Gasteiger partial charge is 0.454 e. The van der Waals surface area contributed by atoms with Gasteiger partial charge in [0.2, 0.25) is 11.8 Å². The van der Waals surface area contributed by atoms with Crippen LogP contribution >= 0.6 is 34.8 Å². The van der Waals surface area contributed by atoms with E-state index in [4.69, 9.17) is 54.3 Å². The van der Waals surface area contributed by atoms with Crippen LogP contribution in [0.3, 0.4) is 0 Å². The average molecular weight is 1040 g/mol. The predicted octanol–water partition coefficient (Wildman–Crippen LogP) is 7.46. The van der Waals surface area contributed by atoms with Gasteiger partial charge in [0.05, 0.1) is 50.8 Å². The number of rotatable bonds is 12. The van der Waals surface area contributed by atoms with Crippen molar-refractivity contribution in [1.29, 1.82) is 0 Å². The van der Waals surface area contributed by atoms with Gasteiger partial charge in [0.1, 0.15) is 23.9 Å². The molecule has 2 aliphatic rings. The number of methoxy groups -OCH3 is 2. The minimum absolute atomic E-state index is 0. The number of pyridine rings is 4. The highest BCUT2D eigenvalue weighted by atomic mass is 35.5. The van der Waals surface area contributed by atoms with E-state index in [1.807, 2.05) is 0 Å². The van der Waals surface area contributed by atoms with Crippen LogP contribution in [-0.2, 0) is 20.0 Å². The minimum atomic E-state index is -3.92. The van der Waals surface area contributed by atoms with Gasteiger partial charge in [-0.25, -0.2) is 21.8 Å². The summed E-state index contributed by atoms with van der Waals surface area (Å²) in [5.74, 6) is 0.992. The Bertz CT molecular complexity index is 3520. The molecule has 360 valence electrons. The molecule has 6 aromatic heterocycles. The van der Waals surface area contributed by atoms with Gasteiger partial charge in [0, 0.05) is 41.0 Å². The first-order valence-corrected chi connectivity index (χ1v) is 24.3. The summed E-state index contributed by atoms with van der Waals surface area (Å²) in [5, 5.41) is 25.2. The average Bonchev–Trinajstić information content (AvgIpc) is 4.24. The Hall–Kier alpha value is -6.47. The number of halogens is 3. The molecule has 20 nitrogen and oxygen atoms in total. The van der Waals surface area contributed by atoms with Gasteiger partial charge < -0.3 is 28.6 Å². The molecular weight excluding hydrogens is 1000 g/mol. The molecule has 0 radical (unpaired) electrons. The molecule has 0 saturated heterocycles. The van der Waals surface area contributed by atoms with E-state index in [9.17, 15) is 26.4 Å². The molecule has 0 unspecified atom stereocenters. The Kier molecular flexibility index (Phi) is 15.1. The number of hydrogen-bond donors (Lipinski definition) is 4. The lowest BCUT2D eigenvalue weighted by molar-refractivity contribution is 0.394. The summed E-state index contributed by atoms with van der Waals surface area (Å²) >= 11 is 18.5. The van der Waals surface area contributed by atoms with E-state index < -0.39 is 32.7 Å². The number of benzene rings is 2. The van der Waals surface area contributed by atoms with Crippen molar-refractivity contribution in [2.24, 2.45) is 0 Å². The molecule has 2 aromatic carbocycles. The molecule has 0 spiro atoms. The molecule has 0 aliphatic heterocycles. The standard InChI is InChI=1S/C21H17ClN4O5S.C18H12Cl2N4O5S.C3H7BO2.CH4/c1-30-21-17(11-15(22)20(23-21)12-2-3-12)26-16-6-5-14(10-13(16)4-7-19(26)27)32(28,29)25-18-8-9-31-24-18;1-28-18-14(9-12(19)17(20)21-18)24-13-4-3-11(8-10(13)2-5-16(24)25)30(26,27)23-15-6-7-29-22-15;5-4(6)3-1-2-3;/h4-12H,2-3H2,1H3,(H,24,25);2-9H,1H3,(H,22,23);3,5-6H,1-2H2;1H4. The quantitative estimate of drug-likeness (QED) is 0.0682. The highest BCUT2D eigenvalue weighted by Crippen LogP contribution is 2.44. The number of nitrogens with zero attached hydrogens (tertiary/aromatic N) is 6. The third-order valence-corrected chi connectivity index (χ3v) is 14.1. The Balaban J connectivity index is 0.000000179. The van der Waals surface area contributed by atoms with Gasteiger partial charge >= 0.3 is 7.12 Å². The van der Waals surface area contributed by atoms with Crippen molar-refractivity contribution < 1.29 is 45.4 Å². The Morgan fingerprint density at radius 3 is 1.51 bits per heavy atom. The highest BCUT2D eigenvalue weighted by Gasteiger charge is 2.33. The zero-order chi connectivity index (χ0) is 48.5. The van der Waals surface area contributed by atoms with Crippen LogP contribution < -0.4 is 30.0 Å². The van der Waals surface area contributed by atoms with Crippen molar-refractivity contribution in [3.8, 4) is 23.1 Å². The third-order valence-electron chi connectivity index (χ3n) is 10.4. The van der Waals surface area contributed by atoms with Crippen LogP contribution in [0.5, 0.6) is 11.8 Å². The van der Waals surface area contributed by atoms with Crippen LogP contribution in [0.2, 0.25) is 21.0 Å². The zero-order valence-corrected chi connectivity index (χ0v) is 39.3. The molecule has 10 rings (SSSR count). The fourth-order valence-corrected chi connectivity index (χ4v) is 9.41. The Labute approximate surface area is 408 Å². The number of fused-ring (bicyclic) bond motifs is 2.